The second-order valence-electron chi connectivity index (χ2n) is 10.6. The summed E-state index contributed by atoms with van der Waals surface area (Å²) in [4.78, 5) is 20.0. The molecule has 3 aromatic rings. The number of hydrogen-bond acceptors (Lipinski definition) is 5. The lowest BCUT2D eigenvalue weighted by molar-refractivity contribution is 0.0664. The molecule has 3 aromatic carbocycles. The van der Waals surface area contributed by atoms with Crippen molar-refractivity contribution in [2.45, 2.75) is 24.8 Å². The number of likely N-dealkylation sites (tertiary alicyclic amines) is 1. The third kappa shape index (κ3) is 5.57. The third-order valence-corrected chi connectivity index (χ3v) is 8.23. The molecule has 2 heterocycles. The number of likely N-dealkylation sites (N-methyl/N-ethyl adjacent to an activating group) is 1. The number of nitrogens with zero attached hydrogens (tertiary/aromatic N) is 3. The Labute approximate surface area is 226 Å². The Bertz CT molecular complexity index is 1170. The van der Waals surface area contributed by atoms with Crippen LogP contribution in [0.1, 0.15) is 39.9 Å². The van der Waals surface area contributed by atoms with Gasteiger partial charge in [0, 0.05) is 50.2 Å². The van der Waals surface area contributed by atoms with Crippen LogP contribution in [0.15, 0.2) is 72.8 Å². The van der Waals surface area contributed by atoms with Gasteiger partial charge in [0.1, 0.15) is 11.5 Å². The van der Waals surface area contributed by atoms with Crippen LogP contribution in [0, 0.1) is 0 Å². The minimum atomic E-state index is -0.135. The molecule has 0 aliphatic carbocycles. The number of carbonyl (C=O) groups excluding carboxylic acids is 1. The van der Waals surface area contributed by atoms with Crippen molar-refractivity contribution in [2.24, 2.45) is 0 Å². The summed E-state index contributed by atoms with van der Waals surface area (Å²) >= 11 is 0. The molecule has 0 bridgehead atoms. The first-order valence-corrected chi connectivity index (χ1v) is 13.6. The molecule has 38 heavy (non-hydrogen) atoms. The lowest BCUT2D eigenvalue weighted by Gasteiger charge is -2.44. The maximum absolute atomic E-state index is 13.2. The standard InChI is InChI=1S/C32H39N3O3/c1-33-18-20-35(21-19-33)31(36)26-7-4-6-25(22-26)23-34-17-5-16-32(24-34,27-8-12-29(37-2)13-9-27)28-10-14-30(38-3)15-11-28/h4,6-15,22H,5,16-21,23-24H2,1-3H3. The predicted octanol–water partition coefficient (Wildman–Crippen LogP) is 4.67. The zero-order chi connectivity index (χ0) is 26.5. The number of piperidine rings is 1. The van der Waals surface area contributed by atoms with Crippen LogP contribution >= 0.6 is 0 Å². The van der Waals surface area contributed by atoms with E-state index in [9.17, 15) is 4.79 Å². The molecule has 200 valence electrons. The molecule has 2 fully saturated rings. The smallest absolute Gasteiger partial charge is 0.253 e. The van der Waals surface area contributed by atoms with Crippen LogP contribution in [0.5, 0.6) is 11.5 Å². The van der Waals surface area contributed by atoms with Gasteiger partial charge in [-0.05, 0) is 79.5 Å². The van der Waals surface area contributed by atoms with E-state index in [0.717, 1.165) is 75.7 Å². The maximum atomic E-state index is 13.2. The van der Waals surface area contributed by atoms with Crippen LogP contribution < -0.4 is 9.47 Å². The summed E-state index contributed by atoms with van der Waals surface area (Å²) in [6.45, 7) is 6.19. The summed E-state index contributed by atoms with van der Waals surface area (Å²) in [7, 11) is 5.53. The van der Waals surface area contributed by atoms with E-state index >= 15 is 0 Å². The molecule has 2 aliphatic rings. The largest absolute Gasteiger partial charge is 0.497 e. The number of hydrogen-bond donors (Lipinski definition) is 0. The molecular weight excluding hydrogens is 474 g/mol. The summed E-state index contributed by atoms with van der Waals surface area (Å²) < 4.78 is 10.9. The van der Waals surface area contributed by atoms with E-state index in [-0.39, 0.29) is 11.3 Å². The van der Waals surface area contributed by atoms with Crippen LogP contribution in [0.2, 0.25) is 0 Å². The average Bonchev–Trinajstić information content (AvgIpc) is 2.97. The molecule has 5 rings (SSSR count). The fraction of sp³-hybridized carbons (Fsp3) is 0.406. The third-order valence-electron chi connectivity index (χ3n) is 8.23. The fourth-order valence-electron chi connectivity index (χ4n) is 5.99. The molecule has 6 nitrogen and oxygen atoms in total. The zero-order valence-electron chi connectivity index (χ0n) is 22.9. The molecule has 0 spiro atoms. The van der Waals surface area contributed by atoms with E-state index in [0.29, 0.717) is 0 Å². The number of piperazine rings is 1. The molecule has 6 heteroatoms. The molecule has 2 aliphatic heterocycles. The maximum Gasteiger partial charge on any atom is 0.253 e. The number of amides is 1. The van der Waals surface area contributed by atoms with Crippen molar-refractivity contribution < 1.29 is 14.3 Å². The monoisotopic (exact) mass is 513 g/mol. The van der Waals surface area contributed by atoms with Gasteiger partial charge in [-0.3, -0.25) is 9.69 Å². The Hall–Kier alpha value is -3.35. The second-order valence-corrected chi connectivity index (χ2v) is 10.6. The van der Waals surface area contributed by atoms with Gasteiger partial charge in [0.05, 0.1) is 14.2 Å². The van der Waals surface area contributed by atoms with Gasteiger partial charge in [-0.2, -0.15) is 0 Å². The number of benzene rings is 3. The van der Waals surface area contributed by atoms with Gasteiger partial charge in [-0.15, -0.1) is 0 Å². The number of carbonyl (C=O) groups is 1. The van der Waals surface area contributed by atoms with Crippen LogP contribution in [-0.2, 0) is 12.0 Å². The number of methoxy groups -OCH3 is 2. The van der Waals surface area contributed by atoms with Crippen molar-refractivity contribution in [3.8, 4) is 11.5 Å². The number of ether oxygens (including phenoxy) is 2. The van der Waals surface area contributed by atoms with Gasteiger partial charge in [0.15, 0.2) is 0 Å². The van der Waals surface area contributed by atoms with Gasteiger partial charge < -0.3 is 19.3 Å². The van der Waals surface area contributed by atoms with Gasteiger partial charge in [-0.1, -0.05) is 36.4 Å². The second kappa shape index (κ2) is 11.6. The highest BCUT2D eigenvalue weighted by Gasteiger charge is 2.39. The Morgan fingerprint density at radius 1 is 0.816 bits per heavy atom. The molecule has 0 aromatic heterocycles. The van der Waals surface area contributed by atoms with E-state index in [1.807, 2.05) is 17.0 Å². The molecule has 1 amide bonds. The van der Waals surface area contributed by atoms with Gasteiger partial charge >= 0.3 is 0 Å². The van der Waals surface area contributed by atoms with Gasteiger partial charge in [-0.25, -0.2) is 0 Å². The highest BCUT2D eigenvalue weighted by Crippen LogP contribution is 2.42. The average molecular weight is 514 g/mol. The van der Waals surface area contributed by atoms with Crippen molar-refractivity contribution >= 4 is 5.91 Å². The van der Waals surface area contributed by atoms with Crippen molar-refractivity contribution in [1.29, 1.82) is 0 Å². The van der Waals surface area contributed by atoms with Crippen molar-refractivity contribution in [3.63, 3.8) is 0 Å². The molecule has 0 atom stereocenters. The first-order chi connectivity index (χ1) is 18.5. The molecule has 0 radical (unpaired) electrons. The van der Waals surface area contributed by atoms with E-state index in [1.165, 1.54) is 16.7 Å². The predicted molar refractivity (Wildman–Crippen MR) is 151 cm³/mol. The van der Waals surface area contributed by atoms with Crippen molar-refractivity contribution in [2.75, 3.05) is 60.5 Å². The van der Waals surface area contributed by atoms with E-state index in [1.54, 1.807) is 14.2 Å². The molecular formula is C32H39N3O3. The Morgan fingerprint density at radius 2 is 1.42 bits per heavy atom. The normalized spacial score (nSPS) is 18.2. The van der Waals surface area contributed by atoms with Crippen molar-refractivity contribution in [1.82, 2.24) is 14.7 Å². The fourth-order valence-corrected chi connectivity index (χ4v) is 5.99. The van der Waals surface area contributed by atoms with Gasteiger partial charge in [0.25, 0.3) is 5.91 Å². The first kappa shape index (κ1) is 26.3. The lowest BCUT2D eigenvalue weighted by Crippen LogP contribution is -2.47. The first-order valence-electron chi connectivity index (χ1n) is 13.6. The lowest BCUT2D eigenvalue weighted by atomic mass is 9.69. The van der Waals surface area contributed by atoms with Crippen LogP contribution in [0.4, 0.5) is 0 Å². The molecule has 2 saturated heterocycles. The quantitative estimate of drug-likeness (QED) is 0.459. The minimum Gasteiger partial charge on any atom is -0.497 e. The highest BCUT2D eigenvalue weighted by molar-refractivity contribution is 5.94. The van der Waals surface area contributed by atoms with E-state index < -0.39 is 0 Å². The summed E-state index contributed by atoms with van der Waals surface area (Å²) in [5.41, 5.74) is 4.44. The Kier molecular flexibility index (Phi) is 8.01. The van der Waals surface area contributed by atoms with Crippen molar-refractivity contribution in [3.05, 3.63) is 95.1 Å². The van der Waals surface area contributed by atoms with Crippen LogP contribution in [-0.4, -0.2) is 81.1 Å². The summed E-state index contributed by atoms with van der Waals surface area (Å²) in [6.07, 6.45) is 2.17. The summed E-state index contributed by atoms with van der Waals surface area (Å²) in [5.74, 6) is 1.88. The summed E-state index contributed by atoms with van der Waals surface area (Å²) in [5, 5.41) is 0. The topological polar surface area (TPSA) is 45.3 Å². The minimum absolute atomic E-state index is 0.135. The SMILES string of the molecule is COc1ccc(C2(c3ccc(OC)cc3)CCCN(Cc3cccc(C(=O)N4CCN(C)CC4)c3)C2)cc1. The Morgan fingerprint density at radius 3 is 2.00 bits per heavy atom. The highest BCUT2D eigenvalue weighted by atomic mass is 16.5. The molecule has 0 unspecified atom stereocenters. The molecule has 0 N–H and O–H groups in total. The van der Waals surface area contributed by atoms with E-state index in [4.69, 9.17) is 9.47 Å². The molecule has 0 saturated carbocycles. The summed E-state index contributed by atoms with van der Waals surface area (Å²) in [6, 6.07) is 25.3. The van der Waals surface area contributed by atoms with Crippen LogP contribution in [0.25, 0.3) is 0 Å². The zero-order valence-corrected chi connectivity index (χ0v) is 22.9. The van der Waals surface area contributed by atoms with Crippen LogP contribution in [0.3, 0.4) is 0 Å². The number of rotatable bonds is 7. The van der Waals surface area contributed by atoms with E-state index in [2.05, 4.69) is 77.5 Å². The Balaban J connectivity index is 1.39. The van der Waals surface area contributed by atoms with Gasteiger partial charge in [0.2, 0.25) is 0 Å².